The quantitative estimate of drug-likeness (QED) is 0.211. The number of Topliss-reactive ketones (excluding diaryl/α,β-unsaturated/α-hetero) is 1. The first-order chi connectivity index (χ1) is 14.4. The molecule has 0 aromatic heterocycles. The maximum absolute atomic E-state index is 13.4. The van der Waals surface area contributed by atoms with Gasteiger partial charge in [-0.3, -0.25) is 4.79 Å². The maximum atomic E-state index is 13.4. The third-order valence-electron chi connectivity index (χ3n) is 7.29. The van der Waals surface area contributed by atoms with Crippen molar-refractivity contribution in [2.45, 2.75) is 117 Å². The Hall–Kier alpha value is -1.13. The van der Waals surface area contributed by atoms with Crippen LogP contribution in [0.4, 0.5) is 0 Å². The molecule has 0 saturated heterocycles. The van der Waals surface area contributed by atoms with Crippen molar-refractivity contribution in [3.8, 4) is 5.75 Å². The van der Waals surface area contributed by atoms with E-state index in [4.69, 9.17) is 9.16 Å². The minimum absolute atomic E-state index is 0.0766. The Morgan fingerprint density at radius 1 is 0.935 bits per heavy atom. The summed E-state index contributed by atoms with van der Waals surface area (Å²) in [6.07, 6.45) is 8.36. The van der Waals surface area contributed by atoms with E-state index in [-0.39, 0.29) is 16.9 Å². The van der Waals surface area contributed by atoms with Gasteiger partial charge in [0.2, 0.25) is 0 Å². The highest BCUT2D eigenvalue weighted by atomic mass is 28.4. The van der Waals surface area contributed by atoms with Gasteiger partial charge in [0.15, 0.2) is 8.32 Å². The van der Waals surface area contributed by atoms with Gasteiger partial charge in [0.1, 0.15) is 11.5 Å². The predicted molar refractivity (Wildman–Crippen MR) is 135 cm³/mol. The molecular formula is C27H48O3Si. The number of ketones is 1. The normalized spacial score (nSPS) is 15.4. The number of carbonyl (C=O) groups excluding carboxylic acids is 1. The summed E-state index contributed by atoms with van der Waals surface area (Å²) in [5, 5.41) is 0.0766. The Balaban J connectivity index is 3.54. The number of benzene rings is 1. The van der Waals surface area contributed by atoms with E-state index in [9.17, 15) is 4.79 Å². The zero-order valence-electron chi connectivity index (χ0n) is 21.8. The number of rotatable bonds is 14. The van der Waals surface area contributed by atoms with Gasteiger partial charge in [0.05, 0.1) is 18.6 Å². The summed E-state index contributed by atoms with van der Waals surface area (Å²) in [7, 11) is -0.417. The second-order valence-corrected chi connectivity index (χ2v) is 15.4. The van der Waals surface area contributed by atoms with Crippen LogP contribution in [0.1, 0.15) is 105 Å². The SMILES string of the molecule is CCCCCC[C@@](CCCC)(C(C)=O)[C@@H](O[Si](C)(C)C(C)(C)C)c1ccc(OC)cc1. The molecule has 0 fully saturated rings. The van der Waals surface area contributed by atoms with Crippen molar-refractivity contribution in [2.24, 2.45) is 5.41 Å². The first-order valence-corrected chi connectivity index (χ1v) is 15.2. The van der Waals surface area contributed by atoms with Gasteiger partial charge in [-0.15, -0.1) is 0 Å². The van der Waals surface area contributed by atoms with Crippen molar-refractivity contribution in [3.63, 3.8) is 0 Å². The van der Waals surface area contributed by atoms with Gasteiger partial charge >= 0.3 is 0 Å². The molecule has 0 spiro atoms. The molecule has 2 atom stereocenters. The predicted octanol–water partition coefficient (Wildman–Crippen LogP) is 8.49. The number of methoxy groups -OCH3 is 1. The van der Waals surface area contributed by atoms with Crippen molar-refractivity contribution in [3.05, 3.63) is 29.8 Å². The van der Waals surface area contributed by atoms with Crippen LogP contribution >= 0.6 is 0 Å². The molecule has 0 aliphatic heterocycles. The highest BCUT2D eigenvalue weighted by Gasteiger charge is 2.48. The summed E-state index contributed by atoms with van der Waals surface area (Å²) in [6.45, 7) is 17.6. The Kier molecular flexibility index (Phi) is 11.0. The van der Waals surface area contributed by atoms with E-state index >= 15 is 0 Å². The third kappa shape index (κ3) is 7.46. The van der Waals surface area contributed by atoms with Crippen molar-refractivity contribution in [1.29, 1.82) is 0 Å². The first kappa shape index (κ1) is 27.9. The average molecular weight is 449 g/mol. The monoisotopic (exact) mass is 448 g/mol. The van der Waals surface area contributed by atoms with Crippen molar-refractivity contribution < 1.29 is 14.0 Å². The molecule has 1 aromatic carbocycles. The minimum atomic E-state index is -2.11. The molecule has 0 heterocycles. The Morgan fingerprint density at radius 3 is 1.94 bits per heavy atom. The summed E-state index contributed by atoms with van der Waals surface area (Å²) in [4.78, 5) is 13.4. The molecule has 0 unspecified atom stereocenters. The van der Waals surface area contributed by atoms with Crippen molar-refractivity contribution >= 4 is 14.1 Å². The molecule has 0 amide bonds. The second-order valence-electron chi connectivity index (χ2n) is 10.7. The smallest absolute Gasteiger partial charge is 0.192 e. The van der Waals surface area contributed by atoms with Crippen LogP contribution < -0.4 is 4.74 Å². The molecule has 0 bridgehead atoms. The molecule has 1 aromatic rings. The topological polar surface area (TPSA) is 35.5 Å². The largest absolute Gasteiger partial charge is 0.497 e. The van der Waals surface area contributed by atoms with Crippen molar-refractivity contribution in [2.75, 3.05) is 7.11 Å². The van der Waals surface area contributed by atoms with Crippen LogP contribution in [0.25, 0.3) is 0 Å². The van der Waals surface area contributed by atoms with Gasteiger partial charge < -0.3 is 9.16 Å². The molecule has 0 aliphatic carbocycles. The summed E-state index contributed by atoms with van der Waals surface area (Å²) in [6, 6.07) is 8.21. The summed E-state index contributed by atoms with van der Waals surface area (Å²) in [5.74, 6) is 1.11. The van der Waals surface area contributed by atoms with E-state index < -0.39 is 13.7 Å². The fraction of sp³-hybridized carbons (Fsp3) is 0.741. The van der Waals surface area contributed by atoms with Gasteiger partial charge in [-0.05, 0) is 55.6 Å². The highest BCUT2D eigenvalue weighted by Crippen LogP contribution is 2.50. The average Bonchev–Trinajstić information content (AvgIpc) is 2.71. The van der Waals surface area contributed by atoms with Crippen molar-refractivity contribution in [1.82, 2.24) is 0 Å². The van der Waals surface area contributed by atoms with Crippen LogP contribution in [0.15, 0.2) is 24.3 Å². The van der Waals surface area contributed by atoms with E-state index in [1.807, 2.05) is 12.1 Å². The maximum Gasteiger partial charge on any atom is 0.192 e. The molecule has 4 heteroatoms. The molecule has 0 radical (unpaired) electrons. The molecular weight excluding hydrogens is 400 g/mol. The molecule has 0 aliphatic rings. The Bertz CT molecular complexity index is 660. The standard InChI is InChI=1S/C27H48O3Si/c1-10-12-14-15-21-27(22(3)28,20-13-11-2)25(30-31(8,9)26(4,5)6)23-16-18-24(29-7)19-17-23/h16-19,25H,10-15,20-21H2,1-9H3/t25-,27-/m0/s1. The minimum Gasteiger partial charge on any atom is -0.497 e. The zero-order chi connectivity index (χ0) is 23.7. The van der Waals surface area contributed by atoms with E-state index in [0.717, 1.165) is 43.4 Å². The molecule has 178 valence electrons. The zero-order valence-corrected chi connectivity index (χ0v) is 22.8. The van der Waals surface area contributed by atoms with E-state index in [0.29, 0.717) is 0 Å². The van der Waals surface area contributed by atoms with Crippen LogP contribution in [-0.2, 0) is 9.22 Å². The number of unbranched alkanes of at least 4 members (excludes halogenated alkanes) is 4. The Morgan fingerprint density at radius 2 is 1.48 bits per heavy atom. The van der Waals surface area contributed by atoms with Crippen LogP contribution in [0, 0.1) is 5.41 Å². The van der Waals surface area contributed by atoms with Crippen LogP contribution in [0.2, 0.25) is 18.1 Å². The fourth-order valence-corrected chi connectivity index (χ4v) is 5.34. The van der Waals surface area contributed by atoms with Crippen LogP contribution in [-0.4, -0.2) is 21.2 Å². The number of hydrogen-bond donors (Lipinski definition) is 0. The number of ether oxygens (including phenoxy) is 1. The number of carbonyl (C=O) groups is 1. The Labute approximate surface area is 193 Å². The first-order valence-electron chi connectivity index (χ1n) is 12.3. The fourth-order valence-electron chi connectivity index (χ4n) is 4.03. The van der Waals surface area contributed by atoms with E-state index in [1.165, 1.54) is 19.3 Å². The van der Waals surface area contributed by atoms with Crippen LogP contribution in [0.5, 0.6) is 5.75 Å². The lowest BCUT2D eigenvalue weighted by atomic mass is 9.69. The lowest BCUT2D eigenvalue weighted by Crippen LogP contribution is -2.47. The molecule has 0 N–H and O–H groups in total. The van der Waals surface area contributed by atoms with Gasteiger partial charge in [-0.1, -0.05) is 85.3 Å². The third-order valence-corrected chi connectivity index (χ3v) is 11.7. The summed E-state index contributed by atoms with van der Waals surface area (Å²) >= 11 is 0. The molecule has 1 rings (SSSR count). The van der Waals surface area contributed by atoms with Gasteiger partial charge in [0.25, 0.3) is 0 Å². The summed E-state index contributed by atoms with van der Waals surface area (Å²) < 4.78 is 12.5. The molecule has 31 heavy (non-hydrogen) atoms. The second kappa shape index (κ2) is 12.2. The van der Waals surface area contributed by atoms with E-state index in [1.54, 1.807) is 14.0 Å². The van der Waals surface area contributed by atoms with Gasteiger partial charge in [-0.25, -0.2) is 0 Å². The van der Waals surface area contributed by atoms with E-state index in [2.05, 4.69) is 59.8 Å². The lowest BCUT2D eigenvalue weighted by Gasteiger charge is -2.46. The molecule has 0 saturated carbocycles. The number of hydrogen-bond acceptors (Lipinski definition) is 3. The van der Waals surface area contributed by atoms with Gasteiger partial charge in [0, 0.05) is 0 Å². The molecule has 3 nitrogen and oxygen atoms in total. The summed E-state index contributed by atoms with van der Waals surface area (Å²) in [5.41, 5.74) is 0.626. The highest BCUT2D eigenvalue weighted by molar-refractivity contribution is 6.74. The van der Waals surface area contributed by atoms with Gasteiger partial charge in [-0.2, -0.15) is 0 Å². The van der Waals surface area contributed by atoms with Crippen LogP contribution in [0.3, 0.4) is 0 Å². The lowest BCUT2D eigenvalue weighted by molar-refractivity contribution is -0.135.